The van der Waals surface area contributed by atoms with Crippen LogP contribution < -0.4 is 10.6 Å². The van der Waals surface area contributed by atoms with E-state index in [0.717, 1.165) is 36.3 Å². The minimum Gasteiger partial charge on any atom is -0.392 e. The largest absolute Gasteiger partial charge is 0.392 e. The smallest absolute Gasteiger partial charge is 0.252 e. The second kappa shape index (κ2) is 8.33. The number of rotatable bonds is 8. The highest BCUT2D eigenvalue weighted by atomic mass is 35.5. The Labute approximate surface area is 173 Å². The third-order valence-electron chi connectivity index (χ3n) is 7.27. The lowest BCUT2D eigenvalue weighted by Crippen LogP contribution is -2.51. The number of nitrogens with one attached hydrogen (secondary N) is 2. The molecule has 0 saturated heterocycles. The van der Waals surface area contributed by atoms with Crippen LogP contribution in [0.1, 0.15) is 60.9 Å². The van der Waals surface area contributed by atoms with Crippen LogP contribution >= 0.6 is 11.6 Å². The van der Waals surface area contributed by atoms with Gasteiger partial charge in [0.15, 0.2) is 0 Å². The summed E-state index contributed by atoms with van der Waals surface area (Å²) >= 11 is 6.34. The van der Waals surface area contributed by atoms with E-state index in [4.69, 9.17) is 11.6 Å². The third kappa shape index (κ3) is 4.39. The zero-order valence-corrected chi connectivity index (χ0v) is 17.6. The number of benzene rings is 1. The van der Waals surface area contributed by atoms with Crippen molar-refractivity contribution in [2.45, 2.75) is 57.5 Å². The molecule has 4 aliphatic carbocycles. The van der Waals surface area contributed by atoms with Crippen molar-refractivity contribution < 1.29 is 9.90 Å². The van der Waals surface area contributed by atoms with Gasteiger partial charge in [0, 0.05) is 13.1 Å². The summed E-state index contributed by atoms with van der Waals surface area (Å²) in [5.41, 5.74) is 1.93. The summed E-state index contributed by atoms with van der Waals surface area (Å²) in [6, 6.07) is 5.65. The average molecular weight is 405 g/mol. The minimum absolute atomic E-state index is 0.0571. The fraction of sp³-hybridized carbons (Fsp3) is 0.696. The zero-order valence-electron chi connectivity index (χ0n) is 16.8. The number of likely N-dealkylation sites (N-methyl/N-ethyl adjacent to an activating group) is 1. The highest BCUT2D eigenvalue weighted by Gasteiger charge is 2.50. The number of carbonyl (C=O) groups is 1. The Kier molecular flexibility index (Phi) is 6.01. The number of hydrogen-bond donors (Lipinski definition) is 3. The van der Waals surface area contributed by atoms with E-state index in [0.29, 0.717) is 29.0 Å². The van der Waals surface area contributed by atoms with Gasteiger partial charge in [-0.05, 0) is 99.3 Å². The number of aliphatic hydroxyl groups is 1. The Morgan fingerprint density at radius 2 is 1.86 bits per heavy atom. The van der Waals surface area contributed by atoms with Crippen molar-refractivity contribution in [3.63, 3.8) is 0 Å². The van der Waals surface area contributed by atoms with Crippen molar-refractivity contribution >= 4 is 17.5 Å². The highest BCUT2D eigenvalue weighted by molar-refractivity contribution is 6.33. The molecule has 0 heterocycles. The summed E-state index contributed by atoms with van der Waals surface area (Å²) in [7, 11) is 1.83. The van der Waals surface area contributed by atoms with Gasteiger partial charge in [-0.2, -0.15) is 0 Å². The molecule has 4 fully saturated rings. The van der Waals surface area contributed by atoms with E-state index in [1.165, 1.54) is 38.5 Å². The van der Waals surface area contributed by atoms with Crippen LogP contribution in [0.25, 0.3) is 0 Å². The van der Waals surface area contributed by atoms with Gasteiger partial charge >= 0.3 is 0 Å². The van der Waals surface area contributed by atoms with Gasteiger partial charge in [-0.15, -0.1) is 0 Å². The van der Waals surface area contributed by atoms with E-state index in [9.17, 15) is 9.90 Å². The van der Waals surface area contributed by atoms with Crippen LogP contribution in [0.2, 0.25) is 5.02 Å². The minimum atomic E-state index is -0.381. The molecule has 4 saturated carbocycles. The Hall–Kier alpha value is -1.10. The molecule has 0 spiro atoms. The SMILES string of the molecule is CNC[C@@H](O)CCc1ccc(Cl)c(C(=O)NCC23CC4CC(CC(C4)C2)C3)c1. The Morgan fingerprint density at radius 3 is 2.46 bits per heavy atom. The maximum absolute atomic E-state index is 12.9. The summed E-state index contributed by atoms with van der Waals surface area (Å²) < 4.78 is 0. The number of aryl methyl sites for hydroxylation is 1. The lowest BCUT2D eigenvalue weighted by atomic mass is 9.49. The second-order valence-electron chi connectivity index (χ2n) is 9.66. The predicted octanol–water partition coefficient (Wildman–Crippen LogP) is 3.80. The van der Waals surface area contributed by atoms with Crippen LogP contribution in [0.5, 0.6) is 0 Å². The summed E-state index contributed by atoms with van der Waals surface area (Å²) in [6.45, 7) is 1.36. The molecular weight excluding hydrogens is 372 g/mol. The van der Waals surface area contributed by atoms with Gasteiger partial charge in [0.25, 0.3) is 5.91 Å². The molecule has 3 N–H and O–H groups in total. The first kappa shape index (κ1) is 20.2. The van der Waals surface area contributed by atoms with E-state index in [2.05, 4.69) is 10.6 Å². The molecule has 5 rings (SSSR count). The van der Waals surface area contributed by atoms with Gasteiger partial charge in [0.05, 0.1) is 16.7 Å². The number of aliphatic hydroxyl groups excluding tert-OH is 1. The molecule has 4 aliphatic rings. The lowest BCUT2D eigenvalue weighted by molar-refractivity contribution is -0.0503. The van der Waals surface area contributed by atoms with Crippen LogP contribution in [0.3, 0.4) is 0 Å². The molecule has 154 valence electrons. The van der Waals surface area contributed by atoms with Crippen molar-refractivity contribution in [3.8, 4) is 0 Å². The molecule has 5 heteroatoms. The normalized spacial score (nSPS) is 31.8. The molecule has 4 nitrogen and oxygen atoms in total. The van der Waals surface area contributed by atoms with Crippen LogP contribution in [0.4, 0.5) is 0 Å². The topological polar surface area (TPSA) is 61.4 Å². The van der Waals surface area contributed by atoms with E-state index < -0.39 is 0 Å². The van der Waals surface area contributed by atoms with Crippen molar-refractivity contribution in [3.05, 3.63) is 34.3 Å². The van der Waals surface area contributed by atoms with E-state index in [1.807, 2.05) is 19.2 Å². The van der Waals surface area contributed by atoms with E-state index in [1.54, 1.807) is 6.07 Å². The summed E-state index contributed by atoms with van der Waals surface area (Å²) in [4.78, 5) is 12.9. The molecule has 1 aromatic rings. The quantitative estimate of drug-likeness (QED) is 0.617. The average Bonchev–Trinajstić information content (AvgIpc) is 2.65. The van der Waals surface area contributed by atoms with Crippen LogP contribution in [-0.2, 0) is 6.42 Å². The van der Waals surface area contributed by atoms with Gasteiger partial charge in [-0.1, -0.05) is 17.7 Å². The number of amides is 1. The highest BCUT2D eigenvalue weighted by Crippen LogP contribution is 2.59. The molecular formula is C23H33ClN2O2. The van der Waals surface area contributed by atoms with Crippen LogP contribution in [-0.4, -0.2) is 37.3 Å². The molecule has 0 aromatic heterocycles. The molecule has 1 aromatic carbocycles. The molecule has 0 unspecified atom stereocenters. The van der Waals surface area contributed by atoms with Gasteiger partial charge < -0.3 is 15.7 Å². The first-order chi connectivity index (χ1) is 13.5. The Morgan fingerprint density at radius 1 is 1.21 bits per heavy atom. The van der Waals surface area contributed by atoms with Crippen LogP contribution in [0.15, 0.2) is 18.2 Å². The molecule has 1 amide bonds. The maximum atomic E-state index is 12.9. The van der Waals surface area contributed by atoms with Crippen LogP contribution in [0, 0.1) is 23.2 Å². The molecule has 28 heavy (non-hydrogen) atoms. The molecule has 4 bridgehead atoms. The first-order valence-corrected chi connectivity index (χ1v) is 11.2. The van der Waals surface area contributed by atoms with Gasteiger partial charge in [-0.3, -0.25) is 4.79 Å². The zero-order chi connectivity index (χ0) is 19.7. The number of carbonyl (C=O) groups excluding carboxylic acids is 1. The Balaban J connectivity index is 1.37. The summed E-state index contributed by atoms with van der Waals surface area (Å²) in [6.07, 6.45) is 9.13. The second-order valence-corrected chi connectivity index (χ2v) is 10.1. The summed E-state index contributed by atoms with van der Waals surface area (Å²) in [5.74, 6) is 2.61. The van der Waals surface area contributed by atoms with Crippen molar-refractivity contribution in [1.82, 2.24) is 10.6 Å². The standard InChI is InChI=1S/C23H33ClN2O2/c1-25-13-19(27)4-2-15-3-5-21(24)20(9-15)22(28)26-14-23-10-16-6-17(11-23)8-18(7-16)12-23/h3,5,9,16-19,25,27H,2,4,6-8,10-14H2,1H3,(H,26,28)/t16?,17?,18?,19-,23?/m0/s1. The lowest BCUT2D eigenvalue weighted by Gasteiger charge is -2.56. The fourth-order valence-corrected chi connectivity index (χ4v) is 6.65. The molecule has 0 radical (unpaired) electrons. The van der Waals surface area contributed by atoms with E-state index in [-0.39, 0.29) is 12.0 Å². The van der Waals surface area contributed by atoms with E-state index >= 15 is 0 Å². The van der Waals surface area contributed by atoms with Gasteiger partial charge in [0.1, 0.15) is 0 Å². The predicted molar refractivity (Wildman–Crippen MR) is 113 cm³/mol. The Bertz CT molecular complexity index is 685. The van der Waals surface area contributed by atoms with Crippen molar-refractivity contribution in [1.29, 1.82) is 0 Å². The number of hydrogen-bond acceptors (Lipinski definition) is 3. The monoisotopic (exact) mass is 404 g/mol. The van der Waals surface area contributed by atoms with Gasteiger partial charge in [-0.25, -0.2) is 0 Å². The third-order valence-corrected chi connectivity index (χ3v) is 7.60. The molecule has 0 aliphatic heterocycles. The number of halogens is 1. The maximum Gasteiger partial charge on any atom is 0.252 e. The fourth-order valence-electron chi connectivity index (χ4n) is 6.44. The summed E-state index contributed by atoms with van der Waals surface area (Å²) in [5, 5.41) is 16.6. The van der Waals surface area contributed by atoms with Crippen molar-refractivity contribution in [2.75, 3.05) is 20.1 Å². The van der Waals surface area contributed by atoms with Crippen molar-refractivity contribution in [2.24, 2.45) is 23.2 Å². The first-order valence-electron chi connectivity index (χ1n) is 10.9. The van der Waals surface area contributed by atoms with Gasteiger partial charge in [0.2, 0.25) is 0 Å². The molecule has 1 atom stereocenters.